The van der Waals surface area contributed by atoms with Gasteiger partial charge in [-0.05, 0) is 34.7 Å². The van der Waals surface area contributed by atoms with Gasteiger partial charge in [0.15, 0.2) is 5.23 Å². The zero-order chi connectivity index (χ0) is 11.0. The van der Waals surface area contributed by atoms with Crippen molar-refractivity contribution in [2.24, 2.45) is 0 Å². The topological polar surface area (TPSA) is 29.1 Å². The average molecular weight is 227 g/mol. The minimum Gasteiger partial charge on any atom is -0.354 e. The molecule has 0 saturated carbocycles. The van der Waals surface area contributed by atoms with Crippen molar-refractivity contribution in [3.63, 3.8) is 0 Å². The molecule has 3 rings (SSSR count). The fourth-order valence-electron chi connectivity index (χ4n) is 1.85. The Balaban J connectivity index is 2.32. The lowest BCUT2D eigenvalue weighted by atomic mass is 10.2. The number of para-hydroxylation sites is 2. The molecule has 2 nitrogen and oxygen atoms in total. The summed E-state index contributed by atoms with van der Waals surface area (Å²) >= 11 is 0. The molecule has 0 atom stereocenters. The molecule has 0 aliphatic carbocycles. The molecule has 0 spiro atoms. The van der Waals surface area contributed by atoms with Crippen LogP contribution in [0.25, 0.3) is 0 Å². The molecule has 0 fully saturated rings. The molecule has 0 radical (unpaired) electrons. The van der Waals surface area contributed by atoms with Crippen LogP contribution in [0.4, 0.5) is 11.4 Å². The van der Waals surface area contributed by atoms with E-state index in [4.69, 9.17) is 0 Å². The molecule has 2 aromatic rings. The maximum Gasteiger partial charge on any atom is 0.165 e. The van der Waals surface area contributed by atoms with Gasteiger partial charge in [0.25, 0.3) is 0 Å². The van der Waals surface area contributed by atoms with E-state index in [0.717, 1.165) is 21.2 Å². The number of carbonyl (C=O) groups excluding carboxylic acids is 1. The highest BCUT2D eigenvalue weighted by Crippen LogP contribution is 2.47. The third kappa shape index (κ3) is 1.30. The van der Waals surface area contributed by atoms with E-state index in [1.54, 1.807) is 0 Å². The lowest BCUT2D eigenvalue weighted by Crippen LogP contribution is -2.00. The number of hydrogen-bond acceptors (Lipinski definition) is 2. The Hall–Kier alpha value is -1.83. The van der Waals surface area contributed by atoms with Gasteiger partial charge in [0.1, 0.15) is 0 Å². The van der Waals surface area contributed by atoms with Gasteiger partial charge in [0.2, 0.25) is 0 Å². The second-order valence-electron chi connectivity index (χ2n) is 3.51. The van der Waals surface area contributed by atoms with Gasteiger partial charge in [0.05, 0.1) is 11.4 Å². The summed E-state index contributed by atoms with van der Waals surface area (Å²) < 4.78 is 0. The molecule has 1 aliphatic heterocycles. The molecule has 78 valence electrons. The summed E-state index contributed by atoms with van der Waals surface area (Å²) in [4.78, 5) is 13.2. The molecule has 1 heterocycles. The molecule has 0 saturated heterocycles. The summed E-state index contributed by atoms with van der Waals surface area (Å²) in [5, 5.41) is 5.49. The first-order valence-corrected chi connectivity index (χ1v) is 6.20. The molecule has 3 heteroatoms. The van der Waals surface area contributed by atoms with E-state index >= 15 is 0 Å². The van der Waals surface area contributed by atoms with E-state index < -0.39 is 10.5 Å². The molecule has 0 aromatic heterocycles. The van der Waals surface area contributed by atoms with Crippen molar-refractivity contribution in [2.45, 2.75) is 9.79 Å². The van der Waals surface area contributed by atoms with E-state index in [9.17, 15) is 4.79 Å². The van der Waals surface area contributed by atoms with Gasteiger partial charge >= 0.3 is 0 Å². The molecular formula is C13H9NOS. The summed E-state index contributed by atoms with van der Waals surface area (Å²) in [6, 6.07) is 15.8. The summed E-state index contributed by atoms with van der Waals surface area (Å²) in [5.41, 5.74) is 2.01. The molecule has 0 amide bonds. The van der Waals surface area contributed by atoms with Crippen LogP contribution in [0.15, 0.2) is 58.3 Å². The first-order chi connectivity index (χ1) is 7.90. The van der Waals surface area contributed by atoms with Crippen molar-refractivity contribution in [3.8, 4) is 0 Å². The number of benzene rings is 2. The monoisotopic (exact) mass is 227 g/mol. The molecule has 0 unspecified atom stereocenters. The van der Waals surface area contributed by atoms with Crippen molar-refractivity contribution >= 4 is 27.1 Å². The van der Waals surface area contributed by atoms with Gasteiger partial charge in [-0.3, -0.25) is 0 Å². The smallest absolute Gasteiger partial charge is 0.165 e. The summed E-state index contributed by atoms with van der Waals surface area (Å²) in [5.74, 6) is 0. The molecule has 1 aliphatic rings. The number of rotatable bonds is 0. The van der Waals surface area contributed by atoms with E-state index in [0.29, 0.717) is 0 Å². The van der Waals surface area contributed by atoms with E-state index in [1.807, 2.05) is 48.5 Å². The van der Waals surface area contributed by atoms with E-state index in [1.165, 1.54) is 0 Å². The van der Waals surface area contributed by atoms with Crippen LogP contribution in [0.3, 0.4) is 0 Å². The van der Waals surface area contributed by atoms with Gasteiger partial charge in [-0.25, -0.2) is 4.79 Å². The third-order valence-electron chi connectivity index (χ3n) is 2.57. The fraction of sp³-hybridized carbons (Fsp3) is 0. The van der Waals surface area contributed by atoms with Crippen LogP contribution < -0.4 is 5.32 Å². The summed E-state index contributed by atoms with van der Waals surface area (Å²) in [7, 11) is -0.570. The predicted molar refractivity (Wildman–Crippen MR) is 66.0 cm³/mol. The normalized spacial score (nSPS) is 13.2. The van der Waals surface area contributed by atoms with Crippen LogP contribution in [0.1, 0.15) is 0 Å². The number of hydrogen-bond donors (Lipinski definition) is 1. The second kappa shape index (κ2) is 3.63. The highest BCUT2D eigenvalue weighted by Gasteiger charge is 2.18. The zero-order valence-corrected chi connectivity index (χ0v) is 9.25. The van der Waals surface area contributed by atoms with Crippen molar-refractivity contribution in [3.05, 3.63) is 48.5 Å². The first-order valence-electron chi connectivity index (χ1n) is 4.97. The highest BCUT2D eigenvalue weighted by atomic mass is 32.2. The lowest BCUT2D eigenvalue weighted by Gasteiger charge is -2.22. The molecule has 0 bridgehead atoms. The quantitative estimate of drug-likeness (QED) is 0.595. The molecule has 1 N–H and O–H groups in total. The Kier molecular flexibility index (Phi) is 2.13. The fourth-order valence-corrected chi connectivity index (χ4v) is 3.37. The van der Waals surface area contributed by atoms with E-state index in [2.05, 4.69) is 10.5 Å². The van der Waals surface area contributed by atoms with Crippen LogP contribution in [0.5, 0.6) is 0 Å². The Morgan fingerprint density at radius 2 is 1.38 bits per heavy atom. The van der Waals surface area contributed by atoms with Crippen molar-refractivity contribution in [1.82, 2.24) is 0 Å². The van der Waals surface area contributed by atoms with Crippen LogP contribution >= 0.6 is 10.5 Å². The third-order valence-corrected chi connectivity index (χ3v) is 4.32. The van der Waals surface area contributed by atoms with Gasteiger partial charge in [-0.1, -0.05) is 24.3 Å². The maximum atomic E-state index is 11.1. The van der Waals surface area contributed by atoms with Crippen molar-refractivity contribution in [1.29, 1.82) is 0 Å². The van der Waals surface area contributed by atoms with Crippen LogP contribution in [0, 0.1) is 0 Å². The summed E-state index contributed by atoms with van der Waals surface area (Å²) in [6.45, 7) is 0. The molecule has 16 heavy (non-hydrogen) atoms. The van der Waals surface area contributed by atoms with Gasteiger partial charge < -0.3 is 5.32 Å². The Morgan fingerprint density at radius 1 is 0.875 bits per heavy atom. The predicted octanol–water partition coefficient (Wildman–Crippen LogP) is 3.50. The van der Waals surface area contributed by atoms with Crippen LogP contribution in [-0.4, -0.2) is 5.23 Å². The zero-order valence-electron chi connectivity index (χ0n) is 8.44. The lowest BCUT2D eigenvalue weighted by molar-refractivity contribution is 0.572. The number of fused-ring (bicyclic) bond motifs is 2. The number of anilines is 2. The van der Waals surface area contributed by atoms with Crippen LogP contribution in [-0.2, 0) is 4.79 Å². The minimum atomic E-state index is -0.570. The Labute approximate surface area is 95.9 Å². The SMILES string of the molecule is O=C=S1c2ccccc2Nc2ccccc21. The summed E-state index contributed by atoms with van der Waals surface area (Å²) in [6.07, 6.45) is 0. The van der Waals surface area contributed by atoms with Crippen molar-refractivity contribution in [2.75, 3.05) is 5.32 Å². The maximum absolute atomic E-state index is 11.1. The molecular weight excluding hydrogens is 218 g/mol. The first kappa shape index (κ1) is 9.40. The highest BCUT2D eigenvalue weighted by molar-refractivity contribution is 8.14. The van der Waals surface area contributed by atoms with E-state index in [-0.39, 0.29) is 0 Å². The second-order valence-corrected chi connectivity index (χ2v) is 5.17. The number of nitrogens with one attached hydrogen (secondary N) is 1. The van der Waals surface area contributed by atoms with Gasteiger partial charge in [-0.15, -0.1) is 0 Å². The van der Waals surface area contributed by atoms with Crippen molar-refractivity contribution < 1.29 is 4.79 Å². The Morgan fingerprint density at radius 3 is 1.88 bits per heavy atom. The van der Waals surface area contributed by atoms with Crippen LogP contribution in [0.2, 0.25) is 0 Å². The Bertz CT molecular complexity index is 567. The van der Waals surface area contributed by atoms with Gasteiger partial charge in [-0.2, -0.15) is 0 Å². The molecule has 2 aromatic carbocycles. The van der Waals surface area contributed by atoms with Gasteiger partial charge in [0, 0.05) is 9.79 Å². The minimum absolute atomic E-state index is 0.570. The standard InChI is InChI=1S/C13H9NOS/c15-9-16-12-7-3-1-5-10(12)14-11-6-2-4-8-13(11)16/h1-8,14H. The largest absolute Gasteiger partial charge is 0.354 e. The average Bonchev–Trinajstić information content (AvgIpc) is 2.36.